The van der Waals surface area contributed by atoms with E-state index in [-0.39, 0.29) is 24.3 Å². The number of halogens is 5. The lowest BCUT2D eigenvalue weighted by molar-refractivity contribution is -0.189. The summed E-state index contributed by atoms with van der Waals surface area (Å²) in [5.41, 5.74) is 1.33. The second-order valence-electron chi connectivity index (χ2n) is 9.01. The number of rotatable bonds is 10. The second-order valence-corrected chi connectivity index (χ2v) is 12.2. The molecule has 0 aliphatic carbocycles. The molecule has 2 heterocycles. The molecular weight excluding hydrogens is 843 g/mol. The van der Waals surface area contributed by atoms with Gasteiger partial charge in [0, 0.05) is 35.4 Å². The van der Waals surface area contributed by atoms with Crippen molar-refractivity contribution in [2.24, 2.45) is 0 Å². The van der Waals surface area contributed by atoms with Gasteiger partial charge in [-0.05, 0) is 87.1 Å². The number of carbonyl (C=O) groups excluding carboxylic acids is 3. The molecule has 0 fully saturated rings. The molecule has 2 aromatic carbocycles. The third kappa shape index (κ3) is 9.01. The number of hydrogen-bond acceptors (Lipinski definition) is 10. The number of amides is 2. The molecule has 17 heteroatoms. The van der Waals surface area contributed by atoms with Crippen LogP contribution in [-0.4, -0.2) is 51.6 Å². The Morgan fingerprint density at radius 2 is 1.78 bits per heavy atom. The first-order valence-electron chi connectivity index (χ1n) is 12.5. The quantitative estimate of drug-likeness (QED) is 0.0716. The maximum atomic E-state index is 13.4. The van der Waals surface area contributed by atoms with Crippen LogP contribution in [0.2, 0.25) is 0 Å². The van der Waals surface area contributed by atoms with Crippen molar-refractivity contribution in [1.29, 1.82) is 5.26 Å². The monoisotopic (exact) mass is 862 g/mol. The highest BCUT2D eigenvalue weighted by molar-refractivity contribution is 14.1. The zero-order valence-electron chi connectivity index (χ0n) is 22.5. The van der Waals surface area contributed by atoms with Gasteiger partial charge in [-0.2, -0.15) is 18.4 Å². The van der Waals surface area contributed by atoms with Gasteiger partial charge in [0.15, 0.2) is 5.13 Å². The van der Waals surface area contributed by atoms with Gasteiger partial charge >= 0.3 is 12.1 Å². The SMILES string of the molecule is N#CCNC(=O)[C@H](Cc1cc(I)c(O)c(I)c1)NC(=O)c1ccc(-c2csc(Nc3ccncc3)n2)cc1OC(=O)C(F)(F)F. The van der Waals surface area contributed by atoms with Crippen molar-refractivity contribution in [3.05, 3.63) is 78.5 Å². The van der Waals surface area contributed by atoms with Crippen LogP contribution in [0.3, 0.4) is 0 Å². The van der Waals surface area contributed by atoms with Gasteiger partial charge in [0.2, 0.25) is 5.91 Å². The van der Waals surface area contributed by atoms with Crippen LogP contribution in [0.25, 0.3) is 11.3 Å². The standard InChI is InChI=1S/C28H19F3I2N6O5S/c29-28(30,31)26(43)44-22-12-15(21-13-45-27(39-21)37-16-3-6-35-7-4-16)1-2-17(22)24(41)38-20(25(42)36-8-5-34)11-14-9-18(32)23(40)19(33)10-14/h1-4,6-7,9-10,12-13,20,40H,8,11H2,(H,36,42)(H,38,41)(H,35,37,39)/t20-/m0/s1. The molecule has 2 amide bonds. The highest BCUT2D eigenvalue weighted by Crippen LogP contribution is 2.33. The molecule has 0 unspecified atom stereocenters. The molecule has 0 saturated carbocycles. The van der Waals surface area contributed by atoms with Gasteiger partial charge in [0.1, 0.15) is 24.1 Å². The van der Waals surface area contributed by atoms with Crippen molar-refractivity contribution in [3.63, 3.8) is 0 Å². The summed E-state index contributed by atoms with van der Waals surface area (Å²) in [6, 6.07) is 10.7. The molecule has 4 N–H and O–H groups in total. The molecule has 0 aliphatic rings. The summed E-state index contributed by atoms with van der Waals surface area (Å²) in [6.07, 6.45) is -2.31. The highest BCUT2D eigenvalue weighted by atomic mass is 127. The van der Waals surface area contributed by atoms with Crippen molar-refractivity contribution < 1.29 is 37.4 Å². The molecule has 4 aromatic rings. The molecule has 0 spiro atoms. The number of thiazole rings is 1. The first kappa shape index (κ1) is 33.9. The van der Waals surface area contributed by atoms with E-state index in [1.165, 1.54) is 17.4 Å². The number of nitrogens with zero attached hydrogens (tertiary/aromatic N) is 3. The minimum atomic E-state index is -5.36. The Morgan fingerprint density at radius 3 is 2.42 bits per heavy atom. The van der Waals surface area contributed by atoms with E-state index in [1.54, 1.807) is 48.1 Å². The number of hydrogen-bond donors (Lipinski definition) is 4. The normalized spacial score (nSPS) is 11.6. The minimum Gasteiger partial charge on any atom is -0.506 e. The first-order chi connectivity index (χ1) is 21.3. The van der Waals surface area contributed by atoms with Crippen molar-refractivity contribution >= 4 is 85.1 Å². The Kier molecular flexibility index (Phi) is 11.2. The molecule has 4 rings (SSSR count). The minimum absolute atomic E-state index is 0.0334. The number of carbonyl (C=O) groups is 3. The summed E-state index contributed by atoms with van der Waals surface area (Å²) in [6.45, 7) is -0.370. The third-order valence-electron chi connectivity index (χ3n) is 5.87. The fourth-order valence-corrected chi connectivity index (χ4v) is 6.44. The van der Waals surface area contributed by atoms with Crippen molar-refractivity contribution in [2.45, 2.75) is 18.6 Å². The van der Waals surface area contributed by atoms with E-state index in [4.69, 9.17) is 5.26 Å². The van der Waals surface area contributed by atoms with E-state index in [9.17, 15) is 32.7 Å². The van der Waals surface area contributed by atoms with Crippen LogP contribution < -0.4 is 20.7 Å². The summed E-state index contributed by atoms with van der Waals surface area (Å²) in [4.78, 5) is 46.5. The predicted molar refractivity (Wildman–Crippen MR) is 174 cm³/mol. The van der Waals surface area contributed by atoms with Gasteiger partial charge in [-0.3, -0.25) is 14.6 Å². The number of phenols is 1. The molecule has 0 aliphatic heterocycles. The van der Waals surface area contributed by atoms with Crippen LogP contribution in [-0.2, 0) is 16.0 Å². The van der Waals surface area contributed by atoms with Gasteiger partial charge in [0.05, 0.1) is 24.5 Å². The Hall–Kier alpha value is -4.03. The van der Waals surface area contributed by atoms with Crippen molar-refractivity contribution in [3.8, 4) is 28.8 Å². The fraction of sp³-hybridized carbons (Fsp3) is 0.143. The molecule has 45 heavy (non-hydrogen) atoms. The number of aromatic nitrogens is 2. The largest absolute Gasteiger partial charge is 0.506 e. The van der Waals surface area contributed by atoms with Crippen LogP contribution in [0.5, 0.6) is 11.5 Å². The van der Waals surface area contributed by atoms with Gasteiger partial charge in [0.25, 0.3) is 5.91 Å². The summed E-state index contributed by atoms with van der Waals surface area (Å²) in [7, 11) is 0. The van der Waals surface area contributed by atoms with E-state index in [2.05, 4.69) is 30.7 Å². The number of benzene rings is 2. The van der Waals surface area contributed by atoms with E-state index < -0.39 is 41.3 Å². The summed E-state index contributed by atoms with van der Waals surface area (Å²) in [5, 5.41) is 28.9. The molecule has 0 radical (unpaired) electrons. The first-order valence-corrected chi connectivity index (χ1v) is 15.6. The van der Waals surface area contributed by atoms with Gasteiger partial charge < -0.3 is 25.8 Å². The molecule has 11 nitrogen and oxygen atoms in total. The summed E-state index contributed by atoms with van der Waals surface area (Å²) < 4.78 is 45.1. The van der Waals surface area contributed by atoms with E-state index in [0.29, 0.717) is 29.2 Å². The number of anilines is 2. The highest BCUT2D eigenvalue weighted by Gasteiger charge is 2.42. The van der Waals surface area contributed by atoms with Crippen LogP contribution in [0.1, 0.15) is 15.9 Å². The number of esters is 1. The molecule has 0 saturated heterocycles. The lowest BCUT2D eigenvalue weighted by Gasteiger charge is -2.20. The Morgan fingerprint density at radius 1 is 1.09 bits per heavy atom. The summed E-state index contributed by atoms with van der Waals surface area (Å²) in [5.74, 6) is -5.00. The number of phenolic OH excluding ortho intramolecular Hbond substituents is 1. The Bertz CT molecular complexity index is 1760. The van der Waals surface area contributed by atoms with E-state index in [0.717, 1.165) is 12.1 Å². The molecule has 0 bridgehead atoms. The number of ether oxygens (including phenoxy) is 1. The topological polar surface area (TPSA) is 166 Å². The smallest absolute Gasteiger partial charge is 0.491 e. The molecule has 2 aromatic heterocycles. The number of nitrogens with one attached hydrogen (secondary N) is 3. The zero-order valence-corrected chi connectivity index (χ0v) is 27.6. The van der Waals surface area contributed by atoms with Crippen LogP contribution in [0, 0.1) is 18.5 Å². The summed E-state index contributed by atoms with van der Waals surface area (Å²) >= 11 is 4.99. The van der Waals surface area contributed by atoms with Crippen molar-refractivity contribution in [1.82, 2.24) is 20.6 Å². The maximum absolute atomic E-state index is 13.4. The Labute approximate surface area is 284 Å². The molecule has 1 atom stereocenters. The third-order valence-corrected chi connectivity index (χ3v) is 8.27. The number of nitriles is 1. The van der Waals surface area contributed by atoms with Gasteiger partial charge in [-0.1, -0.05) is 6.07 Å². The van der Waals surface area contributed by atoms with Crippen molar-refractivity contribution in [2.75, 3.05) is 11.9 Å². The van der Waals surface area contributed by atoms with Crippen LogP contribution >= 0.6 is 56.5 Å². The lowest BCUT2D eigenvalue weighted by atomic mass is 10.0. The molecule has 232 valence electrons. The van der Waals surface area contributed by atoms with Gasteiger partial charge in [-0.25, -0.2) is 9.78 Å². The number of pyridine rings is 1. The number of alkyl halides is 3. The average Bonchev–Trinajstić information content (AvgIpc) is 3.46. The fourth-order valence-electron chi connectivity index (χ4n) is 3.80. The van der Waals surface area contributed by atoms with E-state index >= 15 is 0 Å². The maximum Gasteiger partial charge on any atom is 0.491 e. The lowest BCUT2D eigenvalue weighted by Crippen LogP contribution is -2.48. The molecular formula is C28H19F3I2N6O5S. The number of aromatic hydroxyl groups is 1. The predicted octanol–water partition coefficient (Wildman–Crippen LogP) is 5.31. The Balaban J connectivity index is 1.65. The second kappa shape index (κ2) is 14.8. The van der Waals surface area contributed by atoms with Crippen LogP contribution in [0.4, 0.5) is 24.0 Å². The average molecular weight is 862 g/mol. The van der Waals surface area contributed by atoms with Gasteiger partial charge in [-0.15, -0.1) is 11.3 Å². The van der Waals surface area contributed by atoms with Crippen LogP contribution in [0.15, 0.2) is 60.2 Å². The van der Waals surface area contributed by atoms with E-state index in [1.807, 2.05) is 45.2 Å². The zero-order chi connectivity index (χ0) is 32.7.